The first-order chi connectivity index (χ1) is 18.3. The molecule has 4 aromatic rings. The van der Waals surface area contributed by atoms with Crippen LogP contribution < -0.4 is 10.9 Å². The van der Waals surface area contributed by atoms with Gasteiger partial charge in [0.05, 0.1) is 28.3 Å². The summed E-state index contributed by atoms with van der Waals surface area (Å²) in [4.78, 5) is 33.6. The fraction of sp³-hybridized carbons (Fsp3) is 0.276. The SMILES string of the molecule is CCCCCN(C(=O)Nc1ccc(F)cc1F)C(CC)c1nc2ccccc2c(=O)n1-c1ccc(F)cc1. The Morgan fingerprint density at radius 3 is 2.37 bits per heavy atom. The maximum Gasteiger partial charge on any atom is 0.322 e. The number of amides is 2. The van der Waals surface area contributed by atoms with Crippen molar-refractivity contribution in [1.29, 1.82) is 0 Å². The third kappa shape index (κ3) is 5.72. The van der Waals surface area contributed by atoms with Crippen molar-refractivity contribution in [3.05, 3.63) is 100 Å². The number of carbonyl (C=O) groups is 1. The molecule has 198 valence electrons. The van der Waals surface area contributed by atoms with E-state index >= 15 is 0 Å². The molecular formula is C29H29F3N4O2. The number of carbonyl (C=O) groups excluding carboxylic acids is 1. The fourth-order valence-corrected chi connectivity index (χ4v) is 4.46. The maximum absolute atomic E-state index is 14.4. The molecule has 1 unspecified atom stereocenters. The summed E-state index contributed by atoms with van der Waals surface area (Å²) in [7, 11) is 0. The van der Waals surface area contributed by atoms with Gasteiger partial charge in [-0.05, 0) is 61.4 Å². The van der Waals surface area contributed by atoms with Gasteiger partial charge in [-0.2, -0.15) is 0 Å². The number of para-hydroxylation sites is 1. The van der Waals surface area contributed by atoms with Gasteiger partial charge in [-0.25, -0.2) is 22.9 Å². The van der Waals surface area contributed by atoms with Crippen LogP contribution in [-0.4, -0.2) is 27.0 Å². The van der Waals surface area contributed by atoms with Gasteiger partial charge in [-0.3, -0.25) is 9.36 Å². The fourth-order valence-electron chi connectivity index (χ4n) is 4.46. The standard InChI is InChI=1S/C29H29F3N4O2/c1-3-5-8-17-35(29(38)34-25-16-13-20(31)18-23(25)32)26(4-2)27-33-24-10-7-6-9-22(24)28(37)36(27)21-14-11-19(30)12-15-21/h6-7,9-16,18,26H,3-5,8,17H2,1-2H3,(H,34,38). The lowest BCUT2D eigenvalue weighted by atomic mass is 10.1. The lowest BCUT2D eigenvalue weighted by molar-refractivity contribution is 0.179. The molecule has 0 aliphatic rings. The van der Waals surface area contributed by atoms with Crippen molar-refractivity contribution in [2.75, 3.05) is 11.9 Å². The Balaban J connectivity index is 1.85. The molecular weight excluding hydrogens is 493 g/mol. The Labute approximate surface area is 218 Å². The Morgan fingerprint density at radius 2 is 1.68 bits per heavy atom. The normalized spacial score (nSPS) is 11.9. The topological polar surface area (TPSA) is 67.2 Å². The van der Waals surface area contributed by atoms with Crippen molar-refractivity contribution in [1.82, 2.24) is 14.5 Å². The maximum atomic E-state index is 14.4. The molecule has 6 nitrogen and oxygen atoms in total. The molecule has 0 spiro atoms. The van der Waals surface area contributed by atoms with Gasteiger partial charge in [0.25, 0.3) is 5.56 Å². The quantitative estimate of drug-likeness (QED) is 0.241. The van der Waals surface area contributed by atoms with Crippen LogP contribution in [0.3, 0.4) is 0 Å². The van der Waals surface area contributed by atoms with Crippen LogP contribution in [0.15, 0.2) is 71.5 Å². The van der Waals surface area contributed by atoms with E-state index in [2.05, 4.69) is 5.32 Å². The molecule has 0 bridgehead atoms. The molecule has 0 fully saturated rings. The summed E-state index contributed by atoms with van der Waals surface area (Å²) in [6.45, 7) is 4.21. The monoisotopic (exact) mass is 522 g/mol. The summed E-state index contributed by atoms with van der Waals surface area (Å²) in [6.07, 6.45) is 2.81. The van der Waals surface area contributed by atoms with Gasteiger partial charge < -0.3 is 10.2 Å². The van der Waals surface area contributed by atoms with Crippen molar-refractivity contribution in [3.8, 4) is 5.69 Å². The molecule has 2 amide bonds. The van der Waals surface area contributed by atoms with E-state index in [4.69, 9.17) is 4.98 Å². The Morgan fingerprint density at radius 1 is 0.974 bits per heavy atom. The van der Waals surface area contributed by atoms with Gasteiger partial charge in [0, 0.05) is 12.6 Å². The number of unbranched alkanes of at least 4 members (excludes halogenated alkanes) is 2. The van der Waals surface area contributed by atoms with E-state index < -0.39 is 29.5 Å². The predicted octanol–water partition coefficient (Wildman–Crippen LogP) is 6.98. The van der Waals surface area contributed by atoms with Gasteiger partial charge in [0.2, 0.25) is 0 Å². The van der Waals surface area contributed by atoms with E-state index in [1.807, 2.05) is 13.8 Å². The average molecular weight is 523 g/mol. The number of anilines is 1. The summed E-state index contributed by atoms with van der Waals surface area (Å²) in [5.74, 6) is -1.80. The third-order valence-corrected chi connectivity index (χ3v) is 6.38. The highest BCUT2D eigenvalue weighted by Gasteiger charge is 2.29. The van der Waals surface area contributed by atoms with E-state index in [0.717, 1.165) is 25.0 Å². The lowest BCUT2D eigenvalue weighted by Gasteiger charge is -2.32. The Bertz CT molecular complexity index is 1490. The number of urea groups is 1. The second-order valence-electron chi connectivity index (χ2n) is 8.98. The van der Waals surface area contributed by atoms with Gasteiger partial charge in [0.15, 0.2) is 0 Å². The molecule has 38 heavy (non-hydrogen) atoms. The van der Waals surface area contributed by atoms with Crippen LogP contribution in [0.25, 0.3) is 16.6 Å². The molecule has 0 saturated heterocycles. The lowest BCUT2D eigenvalue weighted by Crippen LogP contribution is -2.41. The number of nitrogens with zero attached hydrogens (tertiary/aromatic N) is 3. The van der Waals surface area contributed by atoms with Crippen LogP contribution in [0.1, 0.15) is 51.4 Å². The van der Waals surface area contributed by atoms with Crippen LogP contribution in [0.2, 0.25) is 0 Å². The number of hydrogen-bond acceptors (Lipinski definition) is 3. The molecule has 0 aliphatic carbocycles. The minimum absolute atomic E-state index is 0.158. The van der Waals surface area contributed by atoms with E-state index in [-0.39, 0.29) is 11.2 Å². The van der Waals surface area contributed by atoms with Crippen LogP contribution in [0, 0.1) is 17.5 Å². The zero-order valence-electron chi connectivity index (χ0n) is 21.3. The number of halogens is 3. The first kappa shape index (κ1) is 26.9. The average Bonchev–Trinajstić information content (AvgIpc) is 2.91. The molecule has 0 aliphatic heterocycles. The second-order valence-corrected chi connectivity index (χ2v) is 8.98. The molecule has 9 heteroatoms. The molecule has 0 saturated carbocycles. The van der Waals surface area contributed by atoms with E-state index in [1.54, 1.807) is 24.3 Å². The van der Waals surface area contributed by atoms with Crippen molar-refractivity contribution in [2.24, 2.45) is 0 Å². The molecule has 1 aromatic heterocycles. The van der Waals surface area contributed by atoms with Gasteiger partial charge >= 0.3 is 6.03 Å². The second kappa shape index (κ2) is 11.9. The zero-order valence-corrected chi connectivity index (χ0v) is 21.3. The minimum atomic E-state index is -0.896. The summed E-state index contributed by atoms with van der Waals surface area (Å²) in [5.41, 5.74) is 0.354. The van der Waals surface area contributed by atoms with Crippen molar-refractivity contribution in [3.63, 3.8) is 0 Å². The van der Waals surface area contributed by atoms with E-state index in [9.17, 15) is 22.8 Å². The third-order valence-electron chi connectivity index (χ3n) is 6.38. The highest BCUT2D eigenvalue weighted by Crippen LogP contribution is 2.28. The predicted molar refractivity (Wildman–Crippen MR) is 142 cm³/mol. The van der Waals surface area contributed by atoms with E-state index in [0.29, 0.717) is 47.9 Å². The molecule has 1 heterocycles. The number of hydrogen-bond donors (Lipinski definition) is 1. The van der Waals surface area contributed by atoms with Crippen LogP contribution in [0.5, 0.6) is 0 Å². The van der Waals surface area contributed by atoms with Crippen molar-refractivity contribution in [2.45, 2.75) is 45.6 Å². The first-order valence-electron chi connectivity index (χ1n) is 12.6. The summed E-state index contributed by atoms with van der Waals surface area (Å²) >= 11 is 0. The molecule has 1 N–H and O–H groups in total. The highest BCUT2D eigenvalue weighted by atomic mass is 19.1. The first-order valence-corrected chi connectivity index (χ1v) is 12.6. The van der Waals surface area contributed by atoms with Gasteiger partial charge in [-0.15, -0.1) is 0 Å². The van der Waals surface area contributed by atoms with Crippen LogP contribution in [-0.2, 0) is 0 Å². The summed E-state index contributed by atoms with van der Waals surface area (Å²) < 4.78 is 42.9. The smallest absolute Gasteiger partial charge is 0.314 e. The molecule has 0 radical (unpaired) electrons. The minimum Gasteiger partial charge on any atom is -0.314 e. The van der Waals surface area contributed by atoms with Crippen molar-refractivity contribution >= 4 is 22.6 Å². The zero-order chi connectivity index (χ0) is 27.2. The number of nitrogens with one attached hydrogen (secondary N) is 1. The highest BCUT2D eigenvalue weighted by molar-refractivity contribution is 5.89. The van der Waals surface area contributed by atoms with Crippen LogP contribution in [0.4, 0.5) is 23.7 Å². The van der Waals surface area contributed by atoms with E-state index in [1.165, 1.54) is 33.7 Å². The van der Waals surface area contributed by atoms with Crippen molar-refractivity contribution < 1.29 is 18.0 Å². The number of aromatic nitrogens is 2. The molecule has 1 atom stereocenters. The van der Waals surface area contributed by atoms with Gasteiger partial charge in [-0.1, -0.05) is 38.8 Å². The van der Waals surface area contributed by atoms with Gasteiger partial charge in [0.1, 0.15) is 23.3 Å². The molecule has 3 aromatic carbocycles. The Hall–Kier alpha value is -4.14. The summed E-state index contributed by atoms with van der Waals surface area (Å²) in [6, 6.07) is 14.0. The summed E-state index contributed by atoms with van der Waals surface area (Å²) in [5, 5.41) is 2.93. The Kier molecular flexibility index (Phi) is 8.45. The number of fused-ring (bicyclic) bond motifs is 1. The number of rotatable bonds is 9. The molecule has 4 rings (SSSR count). The largest absolute Gasteiger partial charge is 0.322 e. The number of benzene rings is 3. The van der Waals surface area contributed by atoms with Crippen LogP contribution >= 0.6 is 0 Å².